The predicted molar refractivity (Wildman–Crippen MR) is 76.8 cm³/mol. The molecule has 1 aromatic heterocycles. The zero-order valence-electron chi connectivity index (χ0n) is 12.2. The normalized spacial score (nSPS) is 21.6. The van der Waals surface area contributed by atoms with Gasteiger partial charge in [-0.1, -0.05) is 0 Å². The second kappa shape index (κ2) is 5.86. The van der Waals surface area contributed by atoms with Gasteiger partial charge in [0, 0.05) is 18.6 Å². The molecular weight excluding hydrogens is 311 g/mol. The molecule has 1 aliphatic rings. The molecule has 5 nitrogen and oxygen atoms in total. The molecule has 0 saturated carbocycles. The first-order valence-electron chi connectivity index (χ1n) is 7.10. The van der Waals surface area contributed by atoms with Crippen molar-refractivity contribution in [2.45, 2.75) is 24.7 Å². The quantitative estimate of drug-likeness (QED) is 0.905. The van der Waals surface area contributed by atoms with Crippen LogP contribution in [0.3, 0.4) is 0 Å². The summed E-state index contributed by atoms with van der Waals surface area (Å²) in [6, 6.07) is 5.60. The van der Waals surface area contributed by atoms with E-state index in [0.717, 1.165) is 12.2 Å². The number of hydrogen-bond acceptors (Lipinski definition) is 4. The Hall–Kier alpha value is -2.06. The van der Waals surface area contributed by atoms with Gasteiger partial charge in [0.2, 0.25) is 0 Å². The van der Waals surface area contributed by atoms with Crippen LogP contribution in [-0.4, -0.2) is 35.1 Å². The highest BCUT2D eigenvalue weighted by molar-refractivity contribution is 5.59. The number of nitrogens with one attached hydrogen (secondary N) is 1. The smallest absolute Gasteiger partial charge is 0.406 e. The Morgan fingerprint density at radius 2 is 2.04 bits per heavy atom. The van der Waals surface area contributed by atoms with Crippen molar-refractivity contribution in [2.75, 3.05) is 13.2 Å². The van der Waals surface area contributed by atoms with Gasteiger partial charge in [0.1, 0.15) is 11.6 Å². The topological polar surface area (TPSA) is 73.2 Å². The minimum Gasteiger partial charge on any atom is -0.406 e. The molecule has 2 heterocycles. The van der Waals surface area contributed by atoms with Crippen molar-refractivity contribution in [3.05, 3.63) is 36.3 Å². The van der Waals surface area contributed by atoms with E-state index in [4.69, 9.17) is 10.5 Å². The van der Waals surface area contributed by atoms with Gasteiger partial charge in [-0.15, -0.1) is 13.2 Å². The Morgan fingerprint density at radius 1 is 1.30 bits per heavy atom. The minimum atomic E-state index is -4.69. The SMILES string of the molecule is NC1(Cc2ncc(-c3ccc(OC(F)(F)F)cc3)[nH]2)CCOC1. The highest BCUT2D eigenvalue weighted by atomic mass is 19.4. The van der Waals surface area contributed by atoms with E-state index in [2.05, 4.69) is 14.7 Å². The van der Waals surface area contributed by atoms with Crippen molar-refractivity contribution in [1.82, 2.24) is 9.97 Å². The molecule has 0 aliphatic carbocycles. The van der Waals surface area contributed by atoms with Gasteiger partial charge in [-0.3, -0.25) is 0 Å². The Kier molecular flexibility index (Phi) is 4.03. The summed E-state index contributed by atoms with van der Waals surface area (Å²) in [4.78, 5) is 7.42. The number of benzene rings is 1. The lowest BCUT2D eigenvalue weighted by molar-refractivity contribution is -0.274. The molecule has 0 spiro atoms. The lowest BCUT2D eigenvalue weighted by Gasteiger charge is -2.19. The summed E-state index contributed by atoms with van der Waals surface area (Å²) in [5.74, 6) is 0.466. The third-order valence-electron chi connectivity index (χ3n) is 3.68. The Labute approximate surface area is 130 Å². The summed E-state index contributed by atoms with van der Waals surface area (Å²) in [5.41, 5.74) is 7.22. The van der Waals surface area contributed by atoms with E-state index in [9.17, 15) is 13.2 Å². The number of H-pyrrole nitrogens is 1. The molecule has 23 heavy (non-hydrogen) atoms. The summed E-state index contributed by atoms with van der Waals surface area (Å²) in [6.45, 7) is 1.14. The zero-order chi connectivity index (χ0) is 16.5. The number of imidazole rings is 1. The third kappa shape index (κ3) is 4.02. The summed E-state index contributed by atoms with van der Waals surface area (Å²) < 4.78 is 45.6. The van der Waals surface area contributed by atoms with Crippen LogP contribution >= 0.6 is 0 Å². The van der Waals surface area contributed by atoms with Crippen molar-refractivity contribution < 1.29 is 22.6 Å². The van der Waals surface area contributed by atoms with Gasteiger partial charge in [0.25, 0.3) is 0 Å². The highest BCUT2D eigenvalue weighted by Gasteiger charge is 2.32. The lowest BCUT2D eigenvalue weighted by atomic mass is 9.96. The molecule has 1 unspecified atom stereocenters. The summed E-state index contributed by atoms with van der Waals surface area (Å²) in [6.07, 6.45) is -1.73. The average Bonchev–Trinajstić information content (AvgIpc) is 3.08. The number of halogens is 3. The molecule has 3 rings (SSSR count). The molecule has 8 heteroatoms. The van der Waals surface area contributed by atoms with Crippen LogP contribution in [0.5, 0.6) is 5.75 Å². The Morgan fingerprint density at radius 3 is 2.65 bits per heavy atom. The van der Waals surface area contributed by atoms with Crippen molar-refractivity contribution >= 4 is 0 Å². The number of hydrogen-bond donors (Lipinski definition) is 2. The first-order valence-corrected chi connectivity index (χ1v) is 7.10. The van der Waals surface area contributed by atoms with Gasteiger partial charge in [-0.2, -0.15) is 0 Å². The van der Waals surface area contributed by atoms with Gasteiger partial charge in [-0.25, -0.2) is 4.98 Å². The van der Waals surface area contributed by atoms with Crippen molar-refractivity contribution in [3.63, 3.8) is 0 Å². The summed E-state index contributed by atoms with van der Waals surface area (Å²) in [5, 5.41) is 0. The zero-order valence-corrected chi connectivity index (χ0v) is 12.2. The molecule has 0 radical (unpaired) electrons. The molecule has 0 bridgehead atoms. The molecule has 1 aromatic carbocycles. The number of aromatic amines is 1. The first-order chi connectivity index (χ1) is 10.8. The van der Waals surface area contributed by atoms with Crippen LogP contribution in [0.1, 0.15) is 12.2 Å². The second-order valence-electron chi connectivity index (χ2n) is 5.66. The van der Waals surface area contributed by atoms with Crippen LogP contribution in [-0.2, 0) is 11.2 Å². The lowest BCUT2D eigenvalue weighted by Crippen LogP contribution is -2.42. The van der Waals surface area contributed by atoms with Gasteiger partial charge in [0.05, 0.1) is 18.5 Å². The van der Waals surface area contributed by atoms with Crippen molar-refractivity contribution in [3.8, 4) is 17.0 Å². The minimum absolute atomic E-state index is 0.259. The number of nitrogens with zero attached hydrogens (tertiary/aromatic N) is 1. The monoisotopic (exact) mass is 327 g/mol. The van der Waals surface area contributed by atoms with E-state index >= 15 is 0 Å². The first kappa shape index (κ1) is 15.8. The summed E-state index contributed by atoms with van der Waals surface area (Å²) in [7, 11) is 0. The number of alkyl halides is 3. The summed E-state index contributed by atoms with van der Waals surface area (Å²) >= 11 is 0. The third-order valence-corrected chi connectivity index (χ3v) is 3.68. The van der Waals surface area contributed by atoms with Crippen LogP contribution in [0.2, 0.25) is 0 Å². The van der Waals surface area contributed by atoms with Gasteiger partial charge >= 0.3 is 6.36 Å². The van der Waals surface area contributed by atoms with Gasteiger partial charge in [0.15, 0.2) is 0 Å². The molecule has 1 saturated heterocycles. The Balaban J connectivity index is 1.70. The van der Waals surface area contributed by atoms with E-state index in [0.29, 0.717) is 30.9 Å². The Bertz CT molecular complexity index is 661. The number of nitrogens with two attached hydrogens (primary N) is 1. The van der Waals surface area contributed by atoms with Gasteiger partial charge < -0.3 is 20.2 Å². The van der Waals surface area contributed by atoms with Crippen LogP contribution in [0, 0.1) is 0 Å². The van der Waals surface area contributed by atoms with Crippen LogP contribution in [0.15, 0.2) is 30.5 Å². The molecule has 1 aliphatic heterocycles. The highest BCUT2D eigenvalue weighted by Crippen LogP contribution is 2.26. The van der Waals surface area contributed by atoms with E-state index in [1.165, 1.54) is 24.3 Å². The maximum atomic E-state index is 12.1. The molecule has 3 N–H and O–H groups in total. The van der Waals surface area contributed by atoms with E-state index in [1.54, 1.807) is 6.20 Å². The number of ether oxygens (including phenoxy) is 2. The molecule has 2 aromatic rings. The fourth-order valence-corrected chi connectivity index (χ4v) is 2.53. The fourth-order valence-electron chi connectivity index (χ4n) is 2.53. The van der Waals surface area contributed by atoms with Gasteiger partial charge in [-0.05, 0) is 36.2 Å². The standard InChI is InChI=1S/C15H16F3N3O2/c16-15(17,18)23-11-3-1-10(2-4-11)12-8-20-13(21-12)7-14(19)5-6-22-9-14/h1-4,8H,5-7,9,19H2,(H,20,21). The van der Waals surface area contributed by atoms with E-state index < -0.39 is 11.9 Å². The predicted octanol–water partition coefficient (Wildman–Crippen LogP) is 2.64. The number of aromatic nitrogens is 2. The molecule has 0 amide bonds. The van der Waals surface area contributed by atoms with E-state index in [1.807, 2.05) is 0 Å². The number of rotatable bonds is 4. The molecule has 1 atom stereocenters. The average molecular weight is 327 g/mol. The second-order valence-corrected chi connectivity index (χ2v) is 5.66. The van der Waals surface area contributed by atoms with Crippen molar-refractivity contribution in [2.24, 2.45) is 5.73 Å². The maximum absolute atomic E-state index is 12.1. The van der Waals surface area contributed by atoms with Crippen LogP contribution in [0.4, 0.5) is 13.2 Å². The van der Waals surface area contributed by atoms with Crippen LogP contribution in [0.25, 0.3) is 11.3 Å². The largest absolute Gasteiger partial charge is 0.573 e. The molecular formula is C15H16F3N3O2. The maximum Gasteiger partial charge on any atom is 0.573 e. The van der Waals surface area contributed by atoms with Crippen LogP contribution < -0.4 is 10.5 Å². The van der Waals surface area contributed by atoms with Crippen molar-refractivity contribution in [1.29, 1.82) is 0 Å². The molecule has 1 fully saturated rings. The molecule has 124 valence electrons. The van der Waals surface area contributed by atoms with E-state index in [-0.39, 0.29) is 5.75 Å². The fraction of sp³-hybridized carbons (Fsp3) is 0.400.